The zero-order valence-electron chi connectivity index (χ0n) is 13.6. The van der Waals surface area contributed by atoms with Crippen molar-refractivity contribution in [2.75, 3.05) is 6.54 Å². The SMILES string of the molecule is OC1CCC(N2CCn3c(cc(-c4cccc(F)c4)c3Cl)C2)CC1. The van der Waals surface area contributed by atoms with Crippen LogP contribution in [0.1, 0.15) is 31.4 Å². The third kappa shape index (κ3) is 2.99. The number of rotatable bonds is 2. The first kappa shape index (κ1) is 16.1. The summed E-state index contributed by atoms with van der Waals surface area (Å²) >= 11 is 6.57. The van der Waals surface area contributed by atoms with Gasteiger partial charge in [-0.15, -0.1) is 0 Å². The molecule has 0 atom stereocenters. The van der Waals surface area contributed by atoms with Crippen molar-refractivity contribution in [1.82, 2.24) is 9.47 Å². The van der Waals surface area contributed by atoms with E-state index in [0.29, 0.717) is 11.2 Å². The number of aliphatic hydroxyl groups excluding tert-OH is 1. The van der Waals surface area contributed by atoms with Gasteiger partial charge in [0.1, 0.15) is 11.0 Å². The van der Waals surface area contributed by atoms with Crippen molar-refractivity contribution in [1.29, 1.82) is 0 Å². The van der Waals surface area contributed by atoms with Gasteiger partial charge in [-0.25, -0.2) is 4.39 Å². The normalized spacial score (nSPS) is 24.8. The summed E-state index contributed by atoms with van der Waals surface area (Å²) in [6.07, 6.45) is 3.80. The van der Waals surface area contributed by atoms with Crippen molar-refractivity contribution in [3.63, 3.8) is 0 Å². The fourth-order valence-electron chi connectivity index (χ4n) is 4.06. The first-order chi connectivity index (χ1) is 11.6. The maximum Gasteiger partial charge on any atom is 0.123 e. The third-order valence-electron chi connectivity index (χ3n) is 5.41. The maximum atomic E-state index is 13.5. The smallest absolute Gasteiger partial charge is 0.123 e. The molecule has 2 heterocycles. The van der Waals surface area contributed by atoms with Crippen molar-refractivity contribution in [3.8, 4) is 11.1 Å². The largest absolute Gasteiger partial charge is 0.393 e. The van der Waals surface area contributed by atoms with Gasteiger partial charge in [-0.1, -0.05) is 23.7 Å². The van der Waals surface area contributed by atoms with Gasteiger partial charge in [0, 0.05) is 36.9 Å². The summed E-state index contributed by atoms with van der Waals surface area (Å²) in [5, 5.41) is 10.4. The lowest BCUT2D eigenvalue weighted by molar-refractivity contribution is 0.0614. The van der Waals surface area contributed by atoms with Gasteiger partial charge in [0.25, 0.3) is 0 Å². The fourth-order valence-corrected chi connectivity index (χ4v) is 4.41. The number of benzene rings is 1. The third-order valence-corrected chi connectivity index (χ3v) is 5.82. The molecule has 1 aliphatic carbocycles. The van der Waals surface area contributed by atoms with Gasteiger partial charge in [0.2, 0.25) is 0 Å². The van der Waals surface area contributed by atoms with Gasteiger partial charge in [-0.2, -0.15) is 0 Å². The second-order valence-corrected chi connectivity index (χ2v) is 7.29. The van der Waals surface area contributed by atoms with Crippen LogP contribution >= 0.6 is 11.6 Å². The summed E-state index contributed by atoms with van der Waals surface area (Å²) < 4.78 is 15.7. The molecule has 24 heavy (non-hydrogen) atoms. The number of halogens is 2. The zero-order valence-corrected chi connectivity index (χ0v) is 14.3. The average molecular weight is 349 g/mol. The minimum absolute atomic E-state index is 0.121. The molecule has 0 amide bonds. The van der Waals surface area contributed by atoms with Gasteiger partial charge in [0.05, 0.1) is 6.10 Å². The second kappa shape index (κ2) is 6.51. The van der Waals surface area contributed by atoms with Crippen LogP contribution in [0.5, 0.6) is 0 Å². The molecule has 0 unspecified atom stereocenters. The number of aliphatic hydroxyl groups is 1. The lowest BCUT2D eigenvalue weighted by atomic mass is 9.91. The Kier molecular flexibility index (Phi) is 4.37. The van der Waals surface area contributed by atoms with E-state index >= 15 is 0 Å². The number of nitrogens with zero attached hydrogens (tertiary/aromatic N) is 2. The lowest BCUT2D eigenvalue weighted by Gasteiger charge is -2.38. The Morgan fingerprint density at radius 2 is 1.88 bits per heavy atom. The number of fused-ring (bicyclic) bond motifs is 1. The summed E-state index contributed by atoms with van der Waals surface area (Å²) in [6.45, 7) is 2.71. The first-order valence-electron chi connectivity index (χ1n) is 8.68. The Bertz CT molecular complexity index is 737. The molecule has 1 aromatic carbocycles. The van der Waals surface area contributed by atoms with Crippen LogP contribution < -0.4 is 0 Å². The van der Waals surface area contributed by atoms with Gasteiger partial charge in [-0.3, -0.25) is 4.90 Å². The molecule has 1 aromatic heterocycles. The molecule has 1 saturated carbocycles. The topological polar surface area (TPSA) is 28.4 Å². The van der Waals surface area contributed by atoms with Gasteiger partial charge in [-0.05, 0) is 49.4 Å². The van der Waals surface area contributed by atoms with E-state index in [4.69, 9.17) is 11.6 Å². The molecule has 0 saturated heterocycles. The van der Waals surface area contributed by atoms with E-state index in [1.54, 1.807) is 6.07 Å². The van der Waals surface area contributed by atoms with E-state index in [0.717, 1.165) is 56.4 Å². The Morgan fingerprint density at radius 3 is 2.62 bits per heavy atom. The number of hydrogen-bond acceptors (Lipinski definition) is 2. The molecule has 1 N–H and O–H groups in total. The van der Waals surface area contributed by atoms with E-state index in [1.165, 1.54) is 17.8 Å². The van der Waals surface area contributed by atoms with E-state index in [-0.39, 0.29) is 11.9 Å². The van der Waals surface area contributed by atoms with E-state index in [1.807, 2.05) is 6.07 Å². The monoisotopic (exact) mass is 348 g/mol. The minimum Gasteiger partial charge on any atom is -0.393 e. The summed E-state index contributed by atoms with van der Waals surface area (Å²) in [5.41, 5.74) is 2.93. The van der Waals surface area contributed by atoms with Crippen molar-refractivity contribution in [3.05, 3.63) is 47.0 Å². The van der Waals surface area contributed by atoms with E-state index in [2.05, 4.69) is 15.5 Å². The molecule has 1 fully saturated rings. The van der Waals surface area contributed by atoms with Crippen molar-refractivity contribution >= 4 is 11.6 Å². The molecule has 2 aromatic rings. The molecular formula is C19H22ClFN2O. The zero-order chi connectivity index (χ0) is 16.7. The molecule has 128 valence electrons. The number of hydrogen-bond donors (Lipinski definition) is 1. The van der Waals surface area contributed by atoms with Crippen LogP contribution in [-0.2, 0) is 13.1 Å². The number of aromatic nitrogens is 1. The molecule has 3 nitrogen and oxygen atoms in total. The lowest BCUT2D eigenvalue weighted by Crippen LogP contribution is -2.43. The Hall–Kier alpha value is -1.36. The van der Waals surface area contributed by atoms with Crippen LogP contribution in [0.3, 0.4) is 0 Å². The van der Waals surface area contributed by atoms with Crippen LogP contribution in [0.15, 0.2) is 30.3 Å². The minimum atomic E-state index is -0.241. The summed E-state index contributed by atoms with van der Waals surface area (Å²) in [6, 6.07) is 9.25. The van der Waals surface area contributed by atoms with Crippen LogP contribution in [-0.4, -0.2) is 33.3 Å². The van der Waals surface area contributed by atoms with E-state index in [9.17, 15) is 9.50 Å². The molecule has 2 aliphatic rings. The first-order valence-corrected chi connectivity index (χ1v) is 9.05. The highest BCUT2D eigenvalue weighted by atomic mass is 35.5. The molecule has 0 bridgehead atoms. The average Bonchev–Trinajstić information content (AvgIpc) is 2.92. The second-order valence-electron chi connectivity index (χ2n) is 6.93. The Balaban J connectivity index is 1.57. The van der Waals surface area contributed by atoms with Gasteiger partial charge < -0.3 is 9.67 Å². The van der Waals surface area contributed by atoms with E-state index < -0.39 is 0 Å². The molecular weight excluding hydrogens is 327 g/mol. The Morgan fingerprint density at radius 1 is 1.08 bits per heavy atom. The summed E-state index contributed by atoms with van der Waals surface area (Å²) in [5.74, 6) is -0.241. The standard InChI is InChI=1S/C19H22ClFN2O/c20-19-18(13-2-1-3-14(21)10-13)11-16-12-22(8-9-23(16)19)15-4-6-17(24)7-5-15/h1-3,10-11,15,17,24H,4-9,12H2. The molecule has 1 aliphatic heterocycles. The van der Waals surface area contributed by atoms with Crippen molar-refractivity contribution in [2.24, 2.45) is 0 Å². The van der Waals surface area contributed by atoms with Crippen LogP contribution in [0.2, 0.25) is 5.15 Å². The molecule has 0 spiro atoms. The maximum absolute atomic E-state index is 13.5. The molecule has 0 radical (unpaired) electrons. The summed E-state index contributed by atoms with van der Waals surface area (Å²) in [4.78, 5) is 2.51. The predicted octanol–water partition coefficient (Wildman–Crippen LogP) is 4.07. The Labute approximate surface area is 146 Å². The van der Waals surface area contributed by atoms with Gasteiger partial charge in [0.15, 0.2) is 0 Å². The molecule has 4 rings (SSSR count). The van der Waals surface area contributed by atoms with Crippen LogP contribution in [0.25, 0.3) is 11.1 Å². The summed E-state index contributed by atoms with van der Waals surface area (Å²) in [7, 11) is 0. The molecule has 5 heteroatoms. The van der Waals surface area contributed by atoms with Crippen molar-refractivity contribution < 1.29 is 9.50 Å². The predicted molar refractivity (Wildman–Crippen MR) is 93.5 cm³/mol. The van der Waals surface area contributed by atoms with Gasteiger partial charge >= 0.3 is 0 Å². The van der Waals surface area contributed by atoms with Crippen LogP contribution in [0.4, 0.5) is 4.39 Å². The quantitative estimate of drug-likeness (QED) is 0.886. The highest BCUT2D eigenvalue weighted by Gasteiger charge is 2.29. The highest BCUT2D eigenvalue weighted by molar-refractivity contribution is 6.32. The fraction of sp³-hybridized carbons (Fsp3) is 0.474. The highest BCUT2D eigenvalue weighted by Crippen LogP contribution is 2.35. The van der Waals surface area contributed by atoms with Crippen LogP contribution in [0, 0.1) is 5.82 Å². The van der Waals surface area contributed by atoms with Crippen molar-refractivity contribution in [2.45, 2.75) is 50.9 Å².